The predicted molar refractivity (Wildman–Crippen MR) is 60.9 cm³/mol. The number of thiol groups is 1. The summed E-state index contributed by atoms with van der Waals surface area (Å²) >= 11 is 9.94. The van der Waals surface area contributed by atoms with Crippen molar-refractivity contribution < 1.29 is 4.74 Å². The number of rotatable bonds is 3. The molecule has 0 aliphatic heterocycles. The van der Waals surface area contributed by atoms with E-state index in [1.54, 1.807) is 7.11 Å². The Balaban J connectivity index is 2.92. The van der Waals surface area contributed by atoms with Gasteiger partial charge >= 0.3 is 0 Å². The highest BCUT2D eigenvalue weighted by atomic mass is 35.5. The molecule has 0 bridgehead atoms. The van der Waals surface area contributed by atoms with Crippen LogP contribution in [0.25, 0.3) is 6.08 Å². The van der Waals surface area contributed by atoms with Crippen molar-refractivity contribution in [3.63, 3.8) is 0 Å². The van der Waals surface area contributed by atoms with E-state index < -0.39 is 0 Å². The second-order valence-corrected chi connectivity index (χ2v) is 3.25. The summed E-state index contributed by atoms with van der Waals surface area (Å²) in [7, 11) is 1.60. The monoisotopic (exact) mass is 214 g/mol. The maximum absolute atomic E-state index is 5.87. The highest BCUT2D eigenvalue weighted by Gasteiger charge is 1.98. The van der Waals surface area contributed by atoms with Gasteiger partial charge in [0.15, 0.2) is 0 Å². The number of methoxy groups -OCH3 is 1. The number of hydrogen-bond donors (Lipinski definition) is 1. The largest absolute Gasteiger partial charge is 0.495 e. The molecule has 0 heterocycles. The van der Waals surface area contributed by atoms with Gasteiger partial charge in [0.05, 0.1) is 12.1 Å². The van der Waals surface area contributed by atoms with Crippen molar-refractivity contribution in [1.29, 1.82) is 0 Å². The first-order valence-corrected chi connectivity index (χ1v) is 4.90. The summed E-state index contributed by atoms with van der Waals surface area (Å²) in [5.74, 6) is 1.42. The summed E-state index contributed by atoms with van der Waals surface area (Å²) in [6, 6.07) is 5.64. The molecule has 0 amide bonds. The van der Waals surface area contributed by atoms with Gasteiger partial charge in [-0.1, -0.05) is 29.8 Å². The zero-order valence-corrected chi connectivity index (χ0v) is 8.98. The molecule has 13 heavy (non-hydrogen) atoms. The molecule has 0 radical (unpaired) electrons. The lowest BCUT2D eigenvalue weighted by atomic mass is 10.2. The van der Waals surface area contributed by atoms with Crippen LogP contribution in [0.3, 0.4) is 0 Å². The number of halogens is 1. The smallest absolute Gasteiger partial charge is 0.138 e. The SMILES string of the molecule is COc1cc(C=CCS)ccc1Cl. The Morgan fingerprint density at radius 1 is 1.54 bits per heavy atom. The minimum Gasteiger partial charge on any atom is -0.495 e. The van der Waals surface area contributed by atoms with Crippen LogP contribution in [0.4, 0.5) is 0 Å². The van der Waals surface area contributed by atoms with Gasteiger partial charge in [-0.2, -0.15) is 12.6 Å². The maximum atomic E-state index is 5.87. The fourth-order valence-electron chi connectivity index (χ4n) is 0.969. The van der Waals surface area contributed by atoms with Gasteiger partial charge in [-0.3, -0.25) is 0 Å². The van der Waals surface area contributed by atoms with Crippen molar-refractivity contribution in [3.05, 3.63) is 34.9 Å². The molecule has 0 N–H and O–H groups in total. The van der Waals surface area contributed by atoms with Gasteiger partial charge < -0.3 is 4.74 Å². The standard InChI is InChI=1S/C10H11ClOS/c1-12-10-7-8(3-2-6-13)4-5-9(10)11/h2-5,7,13H,6H2,1H3. The molecule has 0 aliphatic carbocycles. The van der Waals surface area contributed by atoms with E-state index in [1.165, 1.54) is 0 Å². The second kappa shape index (κ2) is 5.20. The van der Waals surface area contributed by atoms with Crippen molar-refractivity contribution in [2.75, 3.05) is 12.9 Å². The van der Waals surface area contributed by atoms with E-state index in [-0.39, 0.29) is 0 Å². The van der Waals surface area contributed by atoms with Crippen molar-refractivity contribution >= 4 is 30.3 Å². The molecule has 1 aromatic rings. The van der Waals surface area contributed by atoms with Gasteiger partial charge in [0.2, 0.25) is 0 Å². The third-order valence-electron chi connectivity index (χ3n) is 1.59. The first-order chi connectivity index (χ1) is 6.27. The second-order valence-electron chi connectivity index (χ2n) is 2.48. The summed E-state index contributed by atoms with van der Waals surface area (Å²) in [5.41, 5.74) is 1.07. The van der Waals surface area contributed by atoms with Crippen LogP contribution in [-0.4, -0.2) is 12.9 Å². The van der Waals surface area contributed by atoms with Gasteiger partial charge in [-0.05, 0) is 17.7 Å². The quantitative estimate of drug-likeness (QED) is 0.760. The van der Waals surface area contributed by atoms with Crippen LogP contribution in [0, 0.1) is 0 Å². The van der Waals surface area contributed by atoms with Crippen molar-refractivity contribution in [2.45, 2.75) is 0 Å². The van der Waals surface area contributed by atoms with E-state index in [4.69, 9.17) is 16.3 Å². The summed E-state index contributed by atoms with van der Waals surface area (Å²) < 4.78 is 5.08. The van der Waals surface area contributed by atoms with Crippen molar-refractivity contribution in [3.8, 4) is 5.75 Å². The Hall–Kier alpha value is -0.600. The Kier molecular flexibility index (Phi) is 4.19. The third-order valence-corrected chi connectivity index (χ3v) is 2.11. The summed E-state index contributed by atoms with van der Waals surface area (Å²) in [6.45, 7) is 0. The van der Waals surface area contributed by atoms with E-state index in [2.05, 4.69) is 12.6 Å². The van der Waals surface area contributed by atoms with Crippen LogP contribution in [-0.2, 0) is 0 Å². The lowest BCUT2D eigenvalue weighted by molar-refractivity contribution is 0.415. The highest BCUT2D eigenvalue weighted by Crippen LogP contribution is 2.25. The average molecular weight is 215 g/mol. The van der Waals surface area contributed by atoms with Gasteiger partial charge in [0.25, 0.3) is 0 Å². The molecule has 0 atom stereocenters. The molecule has 0 unspecified atom stereocenters. The van der Waals surface area contributed by atoms with Crippen LogP contribution in [0.5, 0.6) is 5.75 Å². The van der Waals surface area contributed by atoms with E-state index in [0.717, 1.165) is 11.3 Å². The van der Waals surface area contributed by atoms with Crippen LogP contribution < -0.4 is 4.74 Å². The number of ether oxygens (including phenoxy) is 1. The Labute approximate surface area is 88.8 Å². The molecule has 1 aromatic carbocycles. The van der Waals surface area contributed by atoms with Crippen molar-refractivity contribution in [2.24, 2.45) is 0 Å². The maximum Gasteiger partial charge on any atom is 0.138 e. The van der Waals surface area contributed by atoms with E-state index >= 15 is 0 Å². The molecule has 0 aliphatic rings. The molecule has 0 spiro atoms. The first-order valence-electron chi connectivity index (χ1n) is 3.89. The lowest BCUT2D eigenvalue weighted by Crippen LogP contribution is -1.84. The minimum atomic E-state index is 0.630. The fraction of sp³-hybridized carbons (Fsp3) is 0.200. The lowest BCUT2D eigenvalue weighted by Gasteiger charge is -2.03. The van der Waals surface area contributed by atoms with Crippen LogP contribution >= 0.6 is 24.2 Å². The number of benzene rings is 1. The average Bonchev–Trinajstić information content (AvgIpc) is 2.16. The molecule has 0 aromatic heterocycles. The number of hydrogen-bond acceptors (Lipinski definition) is 2. The highest BCUT2D eigenvalue weighted by molar-refractivity contribution is 7.80. The molecule has 0 saturated heterocycles. The molecular weight excluding hydrogens is 204 g/mol. The zero-order valence-electron chi connectivity index (χ0n) is 7.33. The molecule has 1 nitrogen and oxygen atoms in total. The van der Waals surface area contributed by atoms with Crippen LogP contribution in [0.1, 0.15) is 5.56 Å². The first kappa shape index (κ1) is 10.5. The molecule has 3 heteroatoms. The summed E-state index contributed by atoms with van der Waals surface area (Å²) in [5, 5.41) is 0.630. The normalized spacial score (nSPS) is 10.7. The van der Waals surface area contributed by atoms with Gasteiger partial charge in [0, 0.05) is 5.75 Å². The summed E-state index contributed by atoms with van der Waals surface area (Å²) in [4.78, 5) is 0. The van der Waals surface area contributed by atoms with Crippen molar-refractivity contribution in [1.82, 2.24) is 0 Å². The van der Waals surface area contributed by atoms with E-state index in [0.29, 0.717) is 10.8 Å². The van der Waals surface area contributed by atoms with E-state index in [1.807, 2.05) is 30.4 Å². The molecule has 70 valence electrons. The van der Waals surface area contributed by atoms with Gasteiger partial charge in [-0.15, -0.1) is 0 Å². The summed E-state index contributed by atoms with van der Waals surface area (Å²) in [6.07, 6.45) is 3.94. The van der Waals surface area contributed by atoms with E-state index in [9.17, 15) is 0 Å². The minimum absolute atomic E-state index is 0.630. The Morgan fingerprint density at radius 2 is 2.31 bits per heavy atom. The predicted octanol–water partition coefficient (Wildman–Crippen LogP) is 3.29. The Morgan fingerprint density at radius 3 is 2.92 bits per heavy atom. The third kappa shape index (κ3) is 2.98. The molecule has 0 saturated carbocycles. The van der Waals surface area contributed by atoms with Gasteiger partial charge in [-0.25, -0.2) is 0 Å². The van der Waals surface area contributed by atoms with Gasteiger partial charge in [0.1, 0.15) is 5.75 Å². The van der Waals surface area contributed by atoms with Crippen LogP contribution in [0.15, 0.2) is 24.3 Å². The molecule has 1 rings (SSSR count). The molecular formula is C10H11ClOS. The Bertz CT molecular complexity index is 310. The van der Waals surface area contributed by atoms with Crippen LogP contribution in [0.2, 0.25) is 5.02 Å². The zero-order chi connectivity index (χ0) is 9.68. The topological polar surface area (TPSA) is 9.23 Å². The molecule has 0 fully saturated rings. The fourth-order valence-corrected chi connectivity index (χ4v) is 1.27.